The molecule has 2 aromatic rings. The van der Waals surface area contributed by atoms with Gasteiger partial charge in [-0.3, -0.25) is 14.9 Å². The summed E-state index contributed by atoms with van der Waals surface area (Å²) >= 11 is 0.555. The summed E-state index contributed by atoms with van der Waals surface area (Å²) in [5.74, 6) is -1.71. The molecule has 0 aliphatic rings. The predicted molar refractivity (Wildman–Crippen MR) is 89.0 cm³/mol. The minimum Gasteiger partial charge on any atom is -0.321 e. The smallest absolute Gasteiger partial charge is 0.321 e. The standard InChI is InChI=1S/C16H13F3N2O3S/c1-10-11(5-4-7-13(10)21(23)24)15(22)20-12-6-2-3-8-14(12)25-9-16(17,18)19/h2-8H,9H2,1H3,(H,20,22). The lowest BCUT2D eigenvalue weighted by atomic mass is 10.1. The Morgan fingerprint density at radius 3 is 2.52 bits per heavy atom. The number of carbonyl (C=O) groups excluding carboxylic acids is 1. The minimum atomic E-state index is -4.33. The van der Waals surface area contributed by atoms with Gasteiger partial charge in [0.1, 0.15) is 0 Å². The molecule has 0 unspecified atom stereocenters. The molecule has 0 heterocycles. The average Bonchev–Trinajstić information content (AvgIpc) is 2.53. The molecular weight excluding hydrogens is 357 g/mol. The van der Waals surface area contributed by atoms with Gasteiger partial charge in [-0.15, -0.1) is 11.8 Å². The summed E-state index contributed by atoms with van der Waals surface area (Å²) in [5, 5.41) is 13.5. The lowest BCUT2D eigenvalue weighted by Gasteiger charge is -2.13. The molecule has 0 atom stereocenters. The fourth-order valence-corrected chi connectivity index (χ4v) is 2.88. The van der Waals surface area contributed by atoms with Gasteiger partial charge < -0.3 is 5.32 Å². The minimum absolute atomic E-state index is 0.0878. The summed E-state index contributed by atoms with van der Waals surface area (Å²) in [6, 6.07) is 10.2. The number of hydrogen-bond acceptors (Lipinski definition) is 4. The number of nitro groups is 1. The van der Waals surface area contributed by atoms with Crippen LogP contribution in [0.5, 0.6) is 0 Å². The molecule has 9 heteroatoms. The van der Waals surface area contributed by atoms with E-state index in [0.717, 1.165) is 0 Å². The summed E-state index contributed by atoms with van der Waals surface area (Å²) in [7, 11) is 0. The largest absolute Gasteiger partial charge is 0.398 e. The molecule has 25 heavy (non-hydrogen) atoms. The first-order valence-electron chi connectivity index (χ1n) is 7.03. The zero-order valence-electron chi connectivity index (χ0n) is 13.0. The third-order valence-corrected chi connectivity index (χ3v) is 4.41. The normalized spacial score (nSPS) is 11.2. The summed E-state index contributed by atoms with van der Waals surface area (Å²) in [5.41, 5.74) is 0.287. The van der Waals surface area contributed by atoms with Crippen LogP contribution in [0.4, 0.5) is 24.5 Å². The molecule has 0 aliphatic carbocycles. The van der Waals surface area contributed by atoms with Crippen molar-refractivity contribution in [2.75, 3.05) is 11.1 Å². The summed E-state index contributed by atoms with van der Waals surface area (Å²) < 4.78 is 37.2. The van der Waals surface area contributed by atoms with Crippen molar-refractivity contribution in [3.8, 4) is 0 Å². The van der Waals surface area contributed by atoms with Crippen LogP contribution in [0.2, 0.25) is 0 Å². The van der Waals surface area contributed by atoms with Gasteiger partial charge in [-0.1, -0.05) is 18.2 Å². The first kappa shape index (κ1) is 18.8. The first-order valence-corrected chi connectivity index (χ1v) is 8.01. The number of alkyl halides is 3. The highest BCUT2D eigenvalue weighted by molar-refractivity contribution is 7.99. The van der Waals surface area contributed by atoms with Gasteiger partial charge in [0.25, 0.3) is 11.6 Å². The molecule has 0 aliphatic heterocycles. The van der Waals surface area contributed by atoms with E-state index in [4.69, 9.17) is 0 Å². The molecule has 0 fully saturated rings. The van der Waals surface area contributed by atoms with Crippen LogP contribution < -0.4 is 5.32 Å². The molecular formula is C16H13F3N2O3S. The number of nitrogens with one attached hydrogen (secondary N) is 1. The number of para-hydroxylation sites is 1. The van der Waals surface area contributed by atoms with E-state index in [1.54, 1.807) is 12.1 Å². The quantitative estimate of drug-likeness (QED) is 0.466. The summed E-state index contributed by atoms with van der Waals surface area (Å²) in [6.45, 7) is 1.44. The Morgan fingerprint density at radius 2 is 1.88 bits per heavy atom. The molecule has 0 bridgehead atoms. The van der Waals surface area contributed by atoms with Crippen molar-refractivity contribution in [2.45, 2.75) is 18.0 Å². The van der Waals surface area contributed by atoms with E-state index in [9.17, 15) is 28.1 Å². The number of amides is 1. The number of hydrogen-bond donors (Lipinski definition) is 1. The van der Waals surface area contributed by atoms with Crippen molar-refractivity contribution in [1.29, 1.82) is 0 Å². The van der Waals surface area contributed by atoms with E-state index in [2.05, 4.69) is 5.32 Å². The van der Waals surface area contributed by atoms with Crippen LogP contribution >= 0.6 is 11.8 Å². The van der Waals surface area contributed by atoms with Crippen LogP contribution in [0.25, 0.3) is 0 Å². The van der Waals surface area contributed by atoms with E-state index in [-0.39, 0.29) is 27.4 Å². The molecule has 2 rings (SSSR count). The Kier molecular flexibility index (Phi) is 5.68. The fraction of sp³-hybridized carbons (Fsp3) is 0.188. The molecule has 0 aromatic heterocycles. The van der Waals surface area contributed by atoms with Gasteiger partial charge in [-0.05, 0) is 25.1 Å². The molecule has 1 amide bonds. The number of nitrogens with zero attached hydrogens (tertiary/aromatic N) is 1. The van der Waals surface area contributed by atoms with Crippen molar-refractivity contribution in [1.82, 2.24) is 0 Å². The Labute approximate surface area is 145 Å². The molecule has 5 nitrogen and oxygen atoms in total. The topological polar surface area (TPSA) is 72.2 Å². The fourth-order valence-electron chi connectivity index (χ4n) is 2.11. The maximum absolute atomic E-state index is 12.4. The molecule has 0 spiro atoms. The van der Waals surface area contributed by atoms with E-state index in [1.807, 2.05) is 0 Å². The number of benzene rings is 2. The third-order valence-electron chi connectivity index (χ3n) is 3.27. The maximum Gasteiger partial charge on any atom is 0.398 e. The van der Waals surface area contributed by atoms with E-state index >= 15 is 0 Å². The van der Waals surface area contributed by atoms with Crippen LogP contribution in [0.15, 0.2) is 47.4 Å². The molecule has 132 valence electrons. The average molecular weight is 370 g/mol. The number of halogens is 3. The first-order chi connectivity index (χ1) is 11.7. The Hall–Kier alpha value is -2.55. The SMILES string of the molecule is Cc1c(C(=O)Nc2ccccc2SCC(F)(F)F)cccc1[N+](=O)[O-]. The lowest BCUT2D eigenvalue weighted by Crippen LogP contribution is -2.15. The van der Waals surface area contributed by atoms with Crippen LogP contribution in [0, 0.1) is 17.0 Å². The number of anilines is 1. The second kappa shape index (κ2) is 7.56. The summed E-state index contributed by atoms with van der Waals surface area (Å²) in [6.07, 6.45) is -4.33. The maximum atomic E-state index is 12.4. The van der Waals surface area contributed by atoms with Crippen LogP contribution in [0.3, 0.4) is 0 Å². The number of nitro benzene ring substituents is 1. The molecule has 0 saturated carbocycles. The summed E-state index contributed by atoms with van der Waals surface area (Å²) in [4.78, 5) is 23.0. The zero-order valence-corrected chi connectivity index (χ0v) is 13.8. The highest BCUT2D eigenvalue weighted by atomic mass is 32.2. The van der Waals surface area contributed by atoms with Crippen molar-refractivity contribution in [2.24, 2.45) is 0 Å². The van der Waals surface area contributed by atoms with Crippen LogP contribution in [-0.4, -0.2) is 22.8 Å². The second-order valence-electron chi connectivity index (χ2n) is 5.06. The molecule has 2 aromatic carbocycles. The van der Waals surface area contributed by atoms with Crippen LogP contribution in [0.1, 0.15) is 15.9 Å². The van der Waals surface area contributed by atoms with Gasteiger partial charge in [0.15, 0.2) is 0 Å². The highest BCUT2D eigenvalue weighted by Gasteiger charge is 2.28. The number of thioether (sulfide) groups is 1. The molecule has 1 N–H and O–H groups in total. The zero-order chi connectivity index (χ0) is 18.6. The molecule has 0 saturated heterocycles. The van der Waals surface area contributed by atoms with Gasteiger partial charge in [0.2, 0.25) is 0 Å². The van der Waals surface area contributed by atoms with Crippen LogP contribution in [-0.2, 0) is 0 Å². The third kappa shape index (κ3) is 4.96. The predicted octanol–water partition coefficient (Wildman–Crippen LogP) is 4.81. The van der Waals surface area contributed by atoms with Crippen molar-refractivity contribution < 1.29 is 22.9 Å². The highest BCUT2D eigenvalue weighted by Crippen LogP contribution is 2.32. The van der Waals surface area contributed by atoms with Gasteiger partial charge >= 0.3 is 6.18 Å². The van der Waals surface area contributed by atoms with E-state index in [1.165, 1.54) is 37.3 Å². The Balaban J connectivity index is 2.25. The molecule has 0 radical (unpaired) electrons. The van der Waals surface area contributed by atoms with E-state index in [0.29, 0.717) is 11.8 Å². The van der Waals surface area contributed by atoms with Gasteiger partial charge in [-0.25, -0.2) is 0 Å². The van der Waals surface area contributed by atoms with Gasteiger partial charge in [0.05, 0.1) is 16.4 Å². The van der Waals surface area contributed by atoms with Crippen molar-refractivity contribution in [3.63, 3.8) is 0 Å². The number of carbonyl (C=O) groups is 1. The Bertz CT molecular complexity index is 809. The Morgan fingerprint density at radius 1 is 1.20 bits per heavy atom. The van der Waals surface area contributed by atoms with E-state index < -0.39 is 22.8 Å². The van der Waals surface area contributed by atoms with Crippen molar-refractivity contribution in [3.05, 3.63) is 63.7 Å². The van der Waals surface area contributed by atoms with Gasteiger partial charge in [-0.2, -0.15) is 13.2 Å². The van der Waals surface area contributed by atoms with Crippen molar-refractivity contribution >= 4 is 29.0 Å². The van der Waals surface area contributed by atoms with Gasteiger partial charge in [0, 0.05) is 22.1 Å². The second-order valence-corrected chi connectivity index (χ2v) is 6.08. The number of rotatable bonds is 5. The monoisotopic (exact) mass is 370 g/mol. The lowest BCUT2D eigenvalue weighted by molar-refractivity contribution is -0.385.